The summed E-state index contributed by atoms with van der Waals surface area (Å²) in [5, 5.41) is 11.9. The van der Waals surface area contributed by atoms with Gasteiger partial charge in [0, 0.05) is 19.1 Å². The summed E-state index contributed by atoms with van der Waals surface area (Å²) in [6.07, 6.45) is 4.57. The molecule has 2 aliphatic rings. The first-order valence-corrected chi connectivity index (χ1v) is 7.44. The number of carboxylic acids is 1. The molecule has 0 aliphatic carbocycles. The van der Waals surface area contributed by atoms with Crippen LogP contribution < -0.4 is 5.32 Å². The Morgan fingerprint density at radius 3 is 2.89 bits per heavy atom. The van der Waals surface area contributed by atoms with E-state index < -0.39 is 12.0 Å². The Hall–Kier alpha value is -0.650. The second-order valence-corrected chi connectivity index (χ2v) is 6.01. The molecule has 0 amide bonds. The van der Waals surface area contributed by atoms with Gasteiger partial charge in [-0.3, -0.25) is 4.79 Å². The first-order chi connectivity index (χ1) is 9.11. The highest BCUT2D eigenvalue weighted by atomic mass is 16.4. The van der Waals surface area contributed by atoms with Crippen molar-refractivity contribution in [2.24, 2.45) is 5.92 Å². The molecule has 5 heteroatoms. The first-order valence-electron chi connectivity index (χ1n) is 7.44. The van der Waals surface area contributed by atoms with Crippen LogP contribution in [0.5, 0.6) is 0 Å². The number of aliphatic carboxylic acids is 1. The summed E-state index contributed by atoms with van der Waals surface area (Å²) in [5.74, 6) is 0.0418. The lowest BCUT2D eigenvalue weighted by molar-refractivity contribution is -0.139. The number of hydrogen-bond acceptors (Lipinski definition) is 4. The molecule has 110 valence electrons. The second kappa shape index (κ2) is 6.68. The molecule has 0 saturated carbocycles. The zero-order valence-electron chi connectivity index (χ0n) is 12.1. The Kier molecular flexibility index (Phi) is 5.19. The molecule has 0 aromatic heterocycles. The summed E-state index contributed by atoms with van der Waals surface area (Å²) in [6, 6.07) is 0.344. The van der Waals surface area contributed by atoms with Crippen LogP contribution in [0.4, 0.5) is 0 Å². The Bertz CT molecular complexity index is 311. The fraction of sp³-hybridized carbons (Fsp3) is 0.929. The summed E-state index contributed by atoms with van der Waals surface area (Å²) in [6.45, 7) is 4.39. The highest BCUT2D eigenvalue weighted by Gasteiger charge is 2.34. The van der Waals surface area contributed by atoms with E-state index in [2.05, 4.69) is 22.2 Å². The third-order valence-corrected chi connectivity index (χ3v) is 4.81. The van der Waals surface area contributed by atoms with Gasteiger partial charge in [0.2, 0.25) is 0 Å². The van der Waals surface area contributed by atoms with E-state index in [9.17, 15) is 4.79 Å². The van der Waals surface area contributed by atoms with E-state index in [0.717, 1.165) is 31.6 Å². The maximum Gasteiger partial charge on any atom is 0.320 e. The van der Waals surface area contributed by atoms with Gasteiger partial charge >= 0.3 is 5.97 Å². The molecule has 2 fully saturated rings. The minimum Gasteiger partial charge on any atom is -0.480 e. The molecular weight excluding hydrogens is 242 g/mol. The summed E-state index contributed by atoms with van der Waals surface area (Å²) in [5.41, 5.74) is 0. The fourth-order valence-electron chi connectivity index (χ4n) is 3.63. The van der Waals surface area contributed by atoms with Crippen molar-refractivity contribution in [1.29, 1.82) is 0 Å². The quantitative estimate of drug-likeness (QED) is 0.760. The van der Waals surface area contributed by atoms with Gasteiger partial charge in [0.15, 0.2) is 0 Å². The summed E-state index contributed by atoms with van der Waals surface area (Å²) in [7, 11) is 3.97. The molecular formula is C14H27N3O2. The Balaban J connectivity index is 1.79. The number of carbonyl (C=O) groups is 1. The molecule has 0 bridgehead atoms. The third-order valence-electron chi connectivity index (χ3n) is 4.81. The lowest BCUT2D eigenvalue weighted by Crippen LogP contribution is -2.53. The van der Waals surface area contributed by atoms with Gasteiger partial charge in [-0.05, 0) is 58.8 Å². The van der Waals surface area contributed by atoms with E-state index in [-0.39, 0.29) is 0 Å². The van der Waals surface area contributed by atoms with Crippen LogP contribution in [0, 0.1) is 5.92 Å². The number of piperidine rings is 2. The predicted octanol–water partition coefficient (Wildman–Crippen LogP) is 0.465. The van der Waals surface area contributed by atoms with Crippen LogP contribution >= 0.6 is 0 Å². The van der Waals surface area contributed by atoms with Crippen LogP contribution in [0.25, 0.3) is 0 Å². The van der Waals surface area contributed by atoms with Gasteiger partial charge in [0.05, 0.1) is 0 Å². The van der Waals surface area contributed by atoms with E-state index >= 15 is 0 Å². The van der Waals surface area contributed by atoms with Crippen molar-refractivity contribution in [2.75, 3.05) is 40.3 Å². The molecule has 2 heterocycles. The highest BCUT2D eigenvalue weighted by Crippen LogP contribution is 2.29. The Morgan fingerprint density at radius 1 is 1.42 bits per heavy atom. The van der Waals surface area contributed by atoms with Crippen LogP contribution in [-0.4, -0.2) is 73.2 Å². The highest BCUT2D eigenvalue weighted by molar-refractivity contribution is 5.73. The number of fused-ring (bicyclic) bond motifs is 1. The van der Waals surface area contributed by atoms with E-state index in [4.69, 9.17) is 5.11 Å². The average Bonchev–Trinajstić information content (AvgIpc) is 2.39. The van der Waals surface area contributed by atoms with Crippen molar-refractivity contribution in [3.63, 3.8) is 0 Å². The lowest BCUT2D eigenvalue weighted by Gasteiger charge is -2.46. The van der Waals surface area contributed by atoms with Crippen LogP contribution in [0.1, 0.15) is 25.7 Å². The van der Waals surface area contributed by atoms with E-state index in [1.54, 1.807) is 7.05 Å². The number of carboxylic acid groups (broad SMARTS) is 1. The minimum atomic E-state index is -0.741. The molecule has 19 heavy (non-hydrogen) atoms. The molecule has 3 unspecified atom stereocenters. The van der Waals surface area contributed by atoms with Gasteiger partial charge < -0.3 is 20.2 Å². The van der Waals surface area contributed by atoms with Crippen LogP contribution in [0.15, 0.2) is 0 Å². The second-order valence-electron chi connectivity index (χ2n) is 6.01. The van der Waals surface area contributed by atoms with Crippen molar-refractivity contribution in [1.82, 2.24) is 15.1 Å². The van der Waals surface area contributed by atoms with Gasteiger partial charge in [-0.25, -0.2) is 0 Å². The van der Waals surface area contributed by atoms with E-state index in [1.165, 1.54) is 25.8 Å². The van der Waals surface area contributed by atoms with Gasteiger partial charge in [-0.2, -0.15) is 0 Å². The van der Waals surface area contributed by atoms with Crippen molar-refractivity contribution in [3.05, 3.63) is 0 Å². The molecule has 2 aliphatic heterocycles. The van der Waals surface area contributed by atoms with Gasteiger partial charge in [-0.15, -0.1) is 0 Å². The van der Waals surface area contributed by atoms with Gasteiger partial charge in [-0.1, -0.05) is 0 Å². The molecule has 0 aromatic rings. The SMILES string of the molecule is CNC(CCN1CCC2C(CCCN2C)C1)C(=O)O. The predicted molar refractivity (Wildman–Crippen MR) is 75.3 cm³/mol. The van der Waals surface area contributed by atoms with Gasteiger partial charge in [0.1, 0.15) is 6.04 Å². The molecule has 2 N–H and O–H groups in total. The monoisotopic (exact) mass is 269 g/mol. The summed E-state index contributed by atoms with van der Waals surface area (Å²) < 4.78 is 0. The number of rotatable bonds is 5. The van der Waals surface area contributed by atoms with Crippen molar-refractivity contribution < 1.29 is 9.90 Å². The zero-order chi connectivity index (χ0) is 13.8. The summed E-state index contributed by atoms with van der Waals surface area (Å²) >= 11 is 0. The number of likely N-dealkylation sites (N-methyl/N-ethyl adjacent to an activating group) is 1. The number of nitrogens with one attached hydrogen (secondary N) is 1. The van der Waals surface area contributed by atoms with E-state index in [0.29, 0.717) is 6.42 Å². The maximum atomic E-state index is 11.0. The van der Waals surface area contributed by atoms with Gasteiger partial charge in [0.25, 0.3) is 0 Å². The summed E-state index contributed by atoms with van der Waals surface area (Å²) in [4.78, 5) is 16.0. The largest absolute Gasteiger partial charge is 0.480 e. The van der Waals surface area contributed by atoms with Crippen molar-refractivity contribution in [3.8, 4) is 0 Å². The van der Waals surface area contributed by atoms with Crippen LogP contribution in [0.2, 0.25) is 0 Å². The molecule has 0 aromatic carbocycles. The lowest BCUT2D eigenvalue weighted by atomic mass is 9.84. The van der Waals surface area contributed by atoms with Crippen LogP contribution in [0.3, 0.4) is 0 Å². The fourth-order valence-corrected chi connectivity index (χ4v) is 3.63. The maximum absolute atomic E-state index is 11.0. The molecule has 3 atom stereocenters. The van der Waals surface area contributed by atoms with E-state index in [1.807, 2.05) is 0 Å². The molecule has 0 spiro atoms. The Labute approximate surface area is 115 Å². The topological polar surface area (TPSA) is 55.8 Å². The third kappa shape index (κ3) is 3.68. The normalized spacial score (nSPS) is 30.8. The average molecular weight is 269 g/mol. The van der Waals surface area contributed by atoms with Crippen LogP contribution in [-0.2, 0) is 4.79 Å². The first kappa shape index (κ1) is 14.8. The molecule has 2 rings (SSSR count). The minimum absolute atomic E-state index is 0.410. The molecule has 0 radical (unpaired) electrons. The molecule has 5 nitrogen and oxygen atoms in total. The number of likely N-dealkylation sites (tertiary alicyclic amines) is 2. The van der Waals surface area contributed by atoms with Crippen molar-refractivity contribution >= 4 is 5.97 Å². The number of nitrogens with zero attached hydrogens (tertiary/aromatic N) is 2. The van der Waals surface area contributed by atoms with Crippen molar-refractivity contribution in [2.45, 2.75) is 37.8 Å². The standard InChI is InChI=1S/C14H27N3O2/c1-15-12(14(18)19)5-8-17-9-6-13-11(10-17)4-3-7-16(13)2/h11-13,15H,3-10H2,1-2H3,(H,18,19). The number of hydrogen-bond donors (Lipinski definition) is 2. The molecule has 2 saturated heterocycles. The Morgan fingerprint density at radius 2 is 2.21 bits per heavy atom. The zero-order valence-corrected chi connectivity index (χ0v) is 12.1. The smallest absolute Gasteiger partial charge is 0.320 e.